The Balaban J connectivity index is 2.64. The van der Waals surface area contributed by atoms with E-state index in [2.05, 4.69) is 4.72 Å². The van der Waals surface area contributed by atoms with Crippen LogP contribution in [0.15, 0.2) is 18.2 Å². The molecule has 17 heavy (non-hydrogen) atoms. The fourth-order valence-corrected chi connectivity index (χ4v) is 2.52. The predicted molar refractivity (Wildman–Crippen MR) is 62.3 cm³/mol. The molecule has 0 aliphatic carbocycles. The number of halogens is 3. The monoisotopic (exact) mass is 283 g/mol. The van der Waals surface area contributed by atoms with Gasteiger partial charge in [0, 0.05) is 18.0 Å². The highest BCUT2D eigenvalue weighted by Gasteiger charge is 2.11. The molecule has 7 heteroatoms. The summed E-state index contributed by atoms with van der Waals surface area (Å²) in [5, 5.41) is 0. The van der Waals surface area contributed by atoms with Gasteiger partial charge in [0.2, 0.25) is 10.0 Å². The maximum atomic E-state index is 13.2. The molecule has 96 valence electrons. The van der Waals surface area contributed by atoms with Gasteiger partial charge in [0.1, 0.15) is 11.6 Å². The Morgan fingerprint density at radius 2 is 2.00 bits per heavy atom. The molecule has 0 amide bonds. The Morgan fingerprint density at radius 1 is 1.29 bits per heavy atom. The van der Waals surface area contributed by atoms with E-state index in [1.807, 2.05) is 0 Å². The molecule has 1 aromatic carbocycles. The van der Waals surface area contributed by atoms with Crippen molar-refractivity contribution in [1.82, 2.24) is 4.72 Å². The van der Waals surface area contributed by atoms with Gasteiger partial charge in [-0.25, -0.2) is 21.9 Å². The van der Waals surface area contributed by atoms with Crippen LogP contribution in [0.4, 0.5) is 8.78 Å². The molecular formula is C10H12ClF2NO2S. The summed E-state index contributed by atoms with van der Waals surface area (Å²) >= 11 is 5.37. The molecule has 0 radical (unpaired) electrons. The van der Waals surface area contributed by atoms with Crippen molar-refractivity contribution in [2.75, 3.05) is 11.6 Å². The highest BCUT2D eigenvalue weighted by Crippen LogP contribution is 2.09. The number of hydrogen-bond acceptors (Lipinski definition) is 2. The Hall–Kier alpha value is -0.720. The summed E-state index contributed by atoms with van der Waals surface area (Å²) in [4.78, 5) is 0. The zero-order chi connectivity index (χ0) is 12.9. The molecule has 0 aromatic heterocycles. The average molecular weight is 284 g/mol. The first-order valence-electron chi connectivity index (χ1n) is 4.92. The summed E-state index contributed by atoms with van der Waals surface area (Å²) in [5.74, 6) is -1.16. The predicted octanol–water partition coefficient (Wildman–Crippen LogP) is 2.01. The lowest BCUT2D eigenvalue weighted by Gasteiger charge is -2.06. The molecule has 0 heterocycles. The van der Waals surface area contributed by atoms with Crippen LogP contribution in [0.25, 0.3) is 0 Å². The van der Waals surface area contributed by atoms with Crippen molar-refractivity contribution in [1.29, 1.82) is 0 Å². The molecule has 0 saturated carbocycles. The number of hydrogen-bond donors (Lipinski definition) is 1. The number of nitrogens with one attached hydrogen (secondary N) is 1. The van der Waals surface area contributed by atoms with Crippen LogP contribution in [0.1, 0.15) is 12.0 Å². The fourth-order valence-electron chi connectivity index (χ4n) is 1.18. The van der Waals surface area contributed by atoms with Gasteiger partial charge in [-0.05, 0) is 24.6 Å². The third-order valence-corrected chi connectivity index (χ3v) is 3.71. The van der Waals surface area contributed by atoms with Crippen LogP contribution in [0.3, 0.4) is 0 Å². The molecule has 3 nitrogen and oxygen atoms in total. The second-order valence-corrected chi connectivity index (χ2v) is 5.72. The normalized spacial score (nSPS) is 11.7. The quantitative estimate of drug-likeness (QED) is 0.812. The Labute approximate surface area is 104 Å². The molecule has 0 aliphatic rings. The smallest absolute Gasteiger partial charge is 0.211 e. The molecule has 0 fully saturated rings. The van der Waals surface area contributed by atoms with Crippen molar-refractivity contribution < 1.29 is 17.2 Å². The second-order valence-electron chi connectivity index (χ2n) is 3.42. The lowest BCUT2D eigenvalue weighted by Crippen LogP contribution is -2.26. The average Bonchev–Trinajstić information content (AvgIpc) is 2.28. The third-order valence-electron chi connectivity index (χ3n) is 2.04. The van der Waals surface area contributed by atoms with Gasteiger partial charge in [0.05, 0.1) is 5.75 Å². The largest absolute Gasteiger partial charge is 0.212 e. The Bertz CT molecular complexity index is 479. The first kappa shape index (κ1) is 14.3. The summed E-state index contributed by atoms with van der Waals surface area (Å²) in [6, 6.07) is 2.89. The van der Waals surface area contributed by atoms with Crippen molar-refractivity contribution in [3.63, 3.8) is 0 Å². The highest BCUT2D eigenvalue weighted by molar-refractivity contribution is 7.89. The first-order valence-corrected chi connectivity index (χ1v) is 7.10. The van der Waals surface area contributed by atoms with Crippen molar-refractivity contribution in [3.8, 4) is 0 Å². The van der Waals surface area contributed by atoms with E-state index in [0.29, 0.717) is 6.42 Å². The zero-order valence-corrected chi connectivity index (χ0v) is 10.5. The van der Waals surface area contributed by atoms with E-state index in [-0.39, 0.29) is 23.7 Å². The molecule has 0 bridgehead atoms. The van der Waals surface area contributed by atoms with Crippen LogP contribution in [0, 0.1) is 11.6 Å². The summed E-state index contributed by atoms with van der Waals surface area (Å²) in [5.41, 5.74) is -0.0283. The minimum atomic E-state index is -3.50. The van der Waals surface area contributed by atoms with Gasteiger partial charge in [0.15, 0.2) is 0 Å². The van der Waals surface area contributed by atoms with Gasteiger partial charge in [0.25, 0.3) is 0 Å². The van der Waals surface area contributed by atoms with E-state index in [9.17, 15) is 17.2 Å². The van der Waals surface area contributed by atoms with Crippen LogP contribution >= 0.6 is 11.6 Å². The van der Waals surface area contributed by atoms with E-state index in [4.69, 9.17) is 11.6 Å². The van der Waals surface area contributed by atoms with Gasteiger partial charge < -0.3 is 0 Å². The number of benzene rings is 1. The van der Waals surface area contributed by atoms with Gasteiger partial charge in [-0.2, -0.15) is 0 Å². The van der Waals surface area contributed by atoms with Gasteiger partial charge in [-0.1, -0.05) is 0 Å². The summed E-state index contributed by atoms with van der Waals surface area (Å²) in [7, 11) is -3.50. The maximum absolute atomic E-state index is 13.2. The van der Waals surface area contributed by atoms with Crippen molar-refractivity contribution in [3.05, 3.63) is 35.4 Å². The summed E-state index contributed by atoms with van der Waals surface area (Å²) in [6.07, 6.45) is 0.308. The van der Waals surface area contributed by atoms with Crippen molar-refractivity contribution in [2.45, 2.75) is 13.0 Å². The molecule has 0 aliphatic heterocycles. The Kier molecular flexibility index (Phi) is 5.30. The van der Waals surface area contributed by atoms with E-state index < -0.39 is 21.7 Å². The van der Waals surface area contributed by atoms with Crippen LogP contribution < -0.4 is 4.72 Å². The lowest BCUT2D eigenvalue weighted by atomic mass is 10.2. The molecule has 0 atom stereocenters. The fraction of sp³-hybridized carbons (Fsp3) is 0.400. The van der Waals surface area contributed by atoms with E-state index in [1.165, 1.54) is 0 Å². The number of alkyl halides is 1. The van der Waals surface area contributed by atoms with Crippen LogP contribution in [0.5, 0.6) is 0 Å². The van der Waals surface area contributed by atoms with Crippen molar-refractivity contribution >= 4 is 21.6 Å². The standard InChI is InChI=1S/C10H12ClF2NO2S/c11-4-1-5-17(15,16)14-7-8-6-9(12)2-3-10(8)13/h2-3,6,14H,1,4-5,7H2. The molecular weight excluding hydrogens is 272 g/mol. The van der Waals surface area contributed by atoms with E-state index in [0.717, 1.165) is 18.2 Å². The summed E-state index contributed by atoms with van der Waals surface area (Å²) in [6.45, 7) is -0.270. The van der Waals surface area contributed by atoms with E-state index in [1.54, 1.807) is 0 Å². The summed E-state index contributed by atoms with van der Waals surface area (Å²) < 4.78 is 50.9. The Morgan fingerprint density at radius 3 is 2.65 bits per heavy atom. The first-order chi connectivity index (χ1) is 7.94. The van der Waals surface area contributed by atoms with Crippen LogP contribution in [0.2, 0.25) is 0 Å². The van der Waals surface area contributed by atoms with Gasteiger partial charge >= 0.3 is 0 Å². The number of rotatable bonds is 6. The van der Waals surface area contributed by atoms with Crippen molar-refractivity contribution in [2.24, 2.45) is 0 Å². The SMILES string of the molecule is O=S(=O)(CCCCl)NCc1cc(F)ccc1F. The molecule has 1 aromatic rings. The zero-order valence-electron chi connectivity index (χ0n) is 8.92. The van der Waals surface area contributed by atoms with Crippen LogP contribution in [-0.2, 0) is 16.6 Å². The van der Waals surface area contributed by atoms with Crippen LogP contribution in [-0.4, -0.2) is 20.1 Å². The second kappa shape index (κ2) is 6.28. The molecule has 0 unspecified atom stereocenters. The minimum absolute atomic E-state index is 0.0283. The highest BCUT2D eigenvalue weighted by atomic mass is 35.5. The molecule has 1 rings (SSSR count). The van der Waals surface area contributed by atoms with E-state index >= 15 is 0 Å². The van der Waals surface area contributed by atoms with Gasteiger partial charge in [-0.15, -0.1) is 11.6 Å². The molecule has 0 saturated heterocycles. The number of sulfonamides is 1. The third kappa shape index (κ3) is 4.97. The lowest BCUT2D eigenvalue weighted by molar-refractivity contribution is 0.566. The maximum Gasteiger partial charge on any atom is 0.211 e. The molecule has 0 spiro atoms. The topological polar surface area (TPSA) is 46.2 Å². The van der Waals surface area contributed by atoms with Gasteiger partial charge in [-0.3, -0.25) is 0 Å². The minimum Gasteiger partial charge on any atom is -0.212 e. The molecule has 1 N–H and O–H groups in total.